The Balaban J connectivity index is 1.81. The van der Waals surface area contributed by atoms with E-state index in [1.54, 1.807) is 23.1 Å². The molecule has 2 aromatic rings. The zero-order valence-electron chi connectivity index (χ0n) is 18.3. The number of imide groups is 1. The highest BCUT2D eigenvalue weighted by Crippen LogP contribution is 2.28. The van der Waals surface area contributed by atoms with Gasteiger partial charge in [0.25, 0.3) is 5.91 Å². The molecule has 1 aliphatic rings. The molecule has 1 saturated heterocycles. The summed E-state index contributed by atoms with van der Waals surface area (Å²) >= 11 is 6.07. The molecular formula is C25H29ClN2O3. The third-order valence-electron chi connectivity index (χ3n) is 5.63. The van der Waals surface area contributed by atoms with Crippen LogP contribution in [0.3, 0.4) is 0 Å². The number of benzene rings is 2. The first-order chi connectivity index (χ1) is 14.8. The average molecular weight is 441 g/mol. The van der Waals surface area contributed by atoms with E-state index < -0.39 is 6.04 Å². The van der Waals surface area contributed by atoms with Crippen molar-refractivity contribution < 1.29 is 14.4 Å². The van der Waals surface area contributed by atoms with Crippen molar-refractivity contribution in [3.05, 3.63) is 64.7 Å². The van der Waals surface area contributed by atoms with Crippen molar-refractivity contribution in [3.8, 4) is 0 Å². The predicted octanol–water partition coefficient (Wildman–Crippen LogP) is 4.97. The minimum Gasteiger partial charge on any atom is -0.330 e. The van der Waals surface area contributed by atoms with Gasteiger partial charge in [0.15, 0.2) is 0 Å². The van der Waals surface area contributed by atoms with E-state index in [0.717, 1.165) is 11.1 Å². The molecule has 0 aromatic heterocycles. The van der Waals surface area contributed by atoms with E-state index in [0.29, 0.717) is 42.4 Å². The molecule has 2 aromatic carbocycles. The number of anilines is 1. The molecule has 1 fully saturated rings. The molecule has 0 aliphatic carbocycles. The van der Waals surface area contributed by atoms with Gasteiger partial charge in [-0.15, -0.1) is 0 Å². The molecule has 0 spiro atoms. The van der Waals surface area contributed by atoms with Crippen LogP contribution in [-0.4, -0.2) is 35.2 Å². The van der Waals surface area contributed by atoms with Gasteiger partial charge in [-0.2, -0.15) is 0 Å². The lowest BCUT2D eigenvalue weighted by Gasteiger charge is -2.28. The molecule has 1 heterocycles. The first-order valence-electron chi connectivity index (χ1n) is 10.8. The maximum atomic E-state index is 13.2. The summed E-state index contributed by atoms with van der Waals surface area (Å²) < 4.78 is 0. The number of hydrogen-bond acceptors (Lipinski definition) is 3. The van der Waals surface area contributed by atoms with E-state index >= 15 is 0 Å². The number of nitrogens with zero attached hydrogens (tertiary/aromatic N) is 2. The Morgan fingerprint density at radius 3 is 2.48 bits per heavy atom. The van der Waals surface area contributed by atoms with Crippen molar-refractivity contribution in [3.63, 3.8) is 0 Å². The molecule has 0 radical (unpaired) electrons. The number of hydrogen-bond donors (Lipinski definition) is 0. The molecule has 1 unspecified atom stereocenters. The fourth-order valence-corrected chi connectivity index (χ4v) is 4.11. The summed E-state index contributed by atoms with van der Waals surface area (Å²) in [6, 6.07) is 14.2. The molecular weight excluding hydrogens is 412 g/mol. The smallest absolute Gasteiger partial charge is 0.257 e. The van der Waals surface area contributed by atoms with Crippen LogP contribution in [-0.2, 0) is 20.8 Å². The molecule has 0 bridgehead atoms. The summed E-state index contributed by atoms with van der Waals surface area (Å²) in [7, 11) is 0. The standard InChI is InChI=1S/C25H29ClN2O3/c1-4-6-23(29)27(14-13-18-7-5-8-20(26)15-18)22-16-24(30)28(25(22)31)21-11-9-19(10-12-21)17(2)3/h5,7-12,15,17,22H,4,6,13-14,16H2,1-3H3. The summed E-state index contributed by atoms with van der Waals surface area (Å²) in [5.41, 5.74) is 2.68. The maximum absolute atomic E-state index is 13.2. The summed E-state index contributed by atoms with van der Waals surface area (Å²) in [6.45, 7) is 6.48. The van der Waals surface area contributed by atoms with E-state index in [1.165, 1.54) is 4.90 Å². The molecule has 0 N–H and O–H groups in total. The van der Waals surface area contributed by atoms with Gasteiger partial charge in [0.05, 0.1) is 12.1 Å². The summed E-state index contributed by atoms with van der Waals surface area (Å²) in [4.78, 5) is 41.7. The molecule has 6 heteroatoms. The molecule has 164 valence electrons. The number of carbonyl (C=O) groups is 3. The van der Waals surface area contributed by atoms with Crippen molar-refractivity contribution >= 4 is 35.0 Å². The third-order valence-corrected chi connectivity index (χ3v) is 5.87. The quantitative estimate of drug-likeness (QED) is 0.544. The Kier molecular flexibility index (Phi) is 7.50. The van der Waals surface area contributed by atoms with E-state index in [4.69, 9.17) is 11.6 Å². The molecule has 1 aliphatic heterocycles. The summed E-state index contributed by atoms with van der Waals surface area (Å²) in [5, 5.41) is 0.632. The summed E-state index contributed by atoms with van der Waals surface area (Å²) in [6.07, 6.45) is 1.60. The molecule has 3 rings (SSSR count). The monoisotopic (exact) mass is 440 g/mol. The Morgan fingerprint density at radius 2 is 1.87 bits per heavy atom. The largest absolute Gasteiger partial charge is 0.330 e. The van der Waals surface area contributed by atoms with Crippen LogP contribution in [0.5, 0.6) is 0 Å². The lowest BCUT2D eigenvalue weighted by atomic mass is 10.0. The Bertz CT molecular complexity index is 955. The lowest BCUT2D eigenvalue weighted by Crippen LogP contribution is -2.46. The molecule has 31 heavy (non-hydrogen) atoms. The normalized spacial score (nSPS) is 16.3. The van der Waals surface area contributed by atoms with Crippen LogP contribution in [0.15, 0.2) is 48.5 Å². The van der Waals surface area contributed by atoms with E-state index in [2.05, 4.69) is 13.8 Å². The van der Waals surface area contributed by atoms with Crippen molar-refractivity contribution in [2.45, 2.75) is 58.4 Å². The van der Waals surface area contributed by atoms with Crippen LogP contribution < -0.4 is 4.90 Å². The lowest BCUT2D eigenvalue weighted by molar-refractivity contribution is -0.138. The number of carbonyl (C=O) groups excluding carboxylic acids is 3. The SMILES string of the molecule is CCCC(=O)N(CCc1cccc(Cl)c1)C1CC(=O)N(c2ccc(C(C)C)cc2)C1=O. The maximum Gasteiger partial charge on any atom is 0.257 e. The van der Waals surface area contributed by atoms with Crippen LogP contribution in [0.2, 0.25) is 5.02 Å². The fraction of sp³-hybridized carbons (Fsp3) is 0.400. The number of amides is 3. The van der Waals surface area contributed by atoms with E-state index in [-0.39, 0.29) is 24.1 Å². The van der Waals surface area contributed by atoms with Crippen LogP contribution >= 0.6 is 11.6 Å². The third kappa shape index (κ3) is 5.34. The second kappa shape index (κ2) is 10.1. The van der Waals surface area contributed by atoms with Gasteiger partial charge in [0.1, 0.15) is 6.04 Å². The highest BCUT2D eigenvalue weighted by molar-refractivity contribution is 6.30. The Morgan fingerprint density at radius 1 is 1.16 bits per heavy atom. The van der Waals surface area contributed by atoms with Crippen molar-refractivity contribution in [1.82, 2.24) is 4.90 Å². The van der Waals surface area contributed by atoms with E-state index in [1.807, 2.05) is 37.3 Å². The number of halogens is 1. The molecule has 1 atom stereocenters. The van der Waals surface area contributed by atoms with Crippen molar-refractivity contribution in [1.29, 1.82) is 0 Å². The van der Waals surface area contributed by atoms with Gasteiger partial charge < -0.3 is 4.90 Å². The minimum atomic E-state index is -0.768. The second-order valence-corrected chi connectivity index (χ2v) is 8.69. The van der Waals surface area contributed by atoms with Gasteiger partial charge in [-0.3, -0.25) is 14.4 Å². The minimum absolute atomic E-state index is 0.00969. The molecule has 0 saturated carbocycles. The second-order valence-electron chi connectivity index (χ2n) is 8.25. The molecule has 3 amide bonds. The van der Waals surface area contributed by atoms with Gasteiger partial charge in [-0.25, -0.2) is 4.90 Å². The van der Waals surface area contributed by atoms with Crippen molar-refractivity contribution in [2.75, 3.05) is 11.4 Å². The van der Waals surface area contributed by atoms with Gasteiger partial charge in [0, 0.05) is 18.0 Å². The van der Waals surface area contributed by atoms with Crippen LogP contribution in [0.4, 0.5) is 5.69 Å². The number of rotatable bonds is 8. The van der Waals surface area contributed by atoms with Gasteiger partial charge in [-0.05, 0) is 54.2 Å². The Hall–Kier alpha value is -2.66. The summed E-state index contributed by atoms with van der Waals surface area (Å²) in [5.74, 6) is -0.352. The van der Waals surface area contributed by atoms with Crippen LogP contribution in [0.1, 0.15) is 57.1 Å². The van der Waals surface area contributed by atoms with Gasteiger partial charge >= 0.3 is 0 Å². The first kappa shape index (κ1) is 23.0. The predicted molar refractivity (Wildman–Crippen MR) is 123 cm³/mol. The van der Waals surface area contributed by atoms with Gasteiger partial charge in [0.2, 0.25) is 11.8 Å². The fourth-order valence-electron chi connectivity index (χ4n) is 3.89. The highest BCUT2D eigenvalue weighted by atomic mass is 35.5. The zero-order chi connectivity index (χ0) is 22.5. The highest BCUT2D eigenvalue weighted by Gasteiger charge is 2.44. The first-order valence-corrected chi connectivity index (χ1v) is 11.2. The van der Waals surface area contributed by atoms with Crippen LogP contribution in [0.25, 0.3) is 0 Å². The van der Waals surface area contributed by atoms with E-state index in [9.17, 15) is 14.4 Å². The average Bonchev–Trinajstić information content (AvgIpc) is 3.02. The van der Waals surface area contributed by atoms with Crippen LogP contribution in [0, 0.1) is 0 Å². The Labute approximate surface area is 189 Å². The zero-order valence-corrected chi connectivity index (χ0v) is 19.1. The topological polar surface area (TPSA) is 57.7 Å². The van der Waals surface area contributed by atoms with Crippen molar-refractivity contribution in [2.24, 2.45) is 0 Å². The molecule has 5 nitrogen and oxygen atoms in total. The van der Waals surface area contributed by atoms with Gasteiger partial charge in [-0.1, -0.05) is 56.6 Å².